The van der Waals surface area contributed by atoms with Crippen molar-refractivity contribution >= 4 is 16.3 Å². The molecule has 1 heterocycles. The van der Waals surface area contributed by atoms with Crippen molar-refractivity contribution < 1.29 is 9.85 Å². The zero-order chi connectivity index (χ0) is 12.5. The van der Waals surface area contributed by atoms with Crippen LogP contribution >= 0.6 is 11.3 Å². The highest BCUT2D eigenvalue weighted by atomic mass is 32.1. The van der Waals surface area contributed by atoms with Crippen LogP contribution in [0.25, 0.3) is 0 Å². The lowest BCUT2D eigenvalue weighted by molar-refractivity contribution is -0.560. The molecule has 0 aliphatic heterocycles. The summed E-state index contributed by atoms with van der Waals surface area (Å²) in [7, 11) is 0. The summed E-state index contributed by atoms with van der Waals surface area (Å²) in [5.74, 6) is 0. The fraction of sp³-hybridized carbons (Fsp3) is 0.625. The second kappa shape index (κ2) is 4.12. The SMILES string of the molecule is Cc1nc(CC(C)(C)[N+](=O)[O-])c([N+](=O)[O-])s1. The zero-order valence-electron chi connectivity index (χ0n) is 9.09. The second-order valence-corrected chi connectivity index (χ2v) is 5.17. The molecule has 8 heteroatoms. The summed E-state index contributed by atoms with van der Waals surface area (Å²) in [6.07, 6.45) is -0.0410. The Morgan fingerprint density at radius 3 is 2.38 bits per heavy atom. The molecule has 88 valence electrons. The lowest BCUT2D eigenvalue weighted by Crippen LogP contribution is -2.33. The maximum absolute atomic E-state index is 10.7. The summed E-state index contributed by atoms with van der Waals surface area (Å²) >= 11 is 0.942. The van der Waals surface area contributed by atoms with Gasteiger partial charge in [0, 0.05) is 18.8 Å². The molecule has 0 radical (unpaired) electrons. The molecule has 16 heavy (non-hydrogen) atoms. The van der Waals surface area contributed by atoms with E-state index in [2.05, 4.69) is 4.98 Å². The normalized spacial score (nSPS) is 11.4. The Balaban J connectivity index is 3.06. The Morgan fingerprint density at radius 1 is 1.38 bits per heavy atom. The Kier molecular flexibility index (Phi) is 3.22. The van der Waals surface area contributed by atoms with Crippen molar-refractivity contribution in [2.24, 2.45) is 0 Å². The van der Waals surface area contributed by atoms with Crippen LogP contribution in [0.3, 0.4) is 0 Å². The van der Waals surface area contributed by atoms with E-state index in [1.807, 2.05) is 0 Å². The van der Waals surface area contributed by atoms with E-state index in [0.29, 0.717) is 5.01 Å². The molecule has 0 N–H and O–H groups in total. The van der Waals surface area contributed by atoms with Crippen LogP contribution in [0, 0.1) is 27.2 Å². The van der Waals surface area contributed by atoms with Gasteiger partial charge in [0.2, 0.25) is 5.54 Å². The summed E-state index contributed by atoms with van der Waals surface area (Å²) in [5.41, 5.74) is -1.06. The van der Waals surface area contributed by atoms with Gasteiger partial charge in [-0.1, -0.05) is 0 Å². The monoisotopic (exact) mass is 245 g/mol. The highest BCUT2D eigenvalue weighted by molar-refractivity contribution is 7.15. The minimum atomic E-state index is -1.24. The van der Waals surface area contributed by atoms with E-state index >= 15 is 0 Å². The Labute approximate surface area is 95.4 Å². The van der Waals surface area contributed by atoms with Crippen LogP contribution in [0.5, 0.6) is 0 Å². The molecule has 0 aliphatic carbocycles. The van der Waals surface area contributed by atoms with Crippen molar-refractivity contribution in [2.75, 3.05) is 0 Å². The fourth-order valence-corrected chi connectivity index (χ4v) is 1.94. The summed E-state index contributed by atoms with van der Waals surface area (Å²) in [4.78, 5) is 24.4. The first kappa shape index (κ1) is 12.5. The molecule has 0 saturated carbocycles. The molecule has 7 nitrogen and oxygen atoms in total. The number of thiazole rings is 1. The van der Waals surface area contributed by atoms with Crippen LogP contribution in [-0.2, 0) is 6.42 Å². The molecular weight excluding hydrogens is 234 g/mol. The van der Waals surface area contributed by atoms with Gasteiger partial charge >= 0.3 is 5.00 Å². The third-order valence-corrected chi connectivity index (χ3v) is 3.01. The van der Waals surface area contributed by atoms with Gasteiger partial charge in [-0.15, -0.1) is 0 Å². The van der Waals surface area contributed by atoms with Crippen molar-refractivity contribution in [3.05, 3.63) is 30.9 Å². The molecule has 1 aromatic rings. The first-order valence-corrected chi connectivity index (χ1v) is 5.31. The minimum Gasteiger partial charge on any atom is -0.264 e. The molecular formula is C8H11N3O4S. The van der Waals surface area contributed by atoms with Gasteiger partial charge in [0.15, 0.2) is 0 Å². The molecule has 1 aromatic heterocycles. The summed E-state index contributed by atoms with van der Waals surface area (Å²) in [6.45, 7) is 4.48. The molecule has 0 spiro atoms. The number of hydrogen-bond donors (Lipinski definition) is 0. The van der Waals surface area contributed by atoms with E-state index in [4.69, 9.17) is 0 Å². The van der Waals surface area contributed by atoms with Gasteiger partial charge in [0.05, 0.1) is 16.4 Å². The van der Waals surface area contributed by atoms with E-state index in [0.717, 1.165) is 11.3 Å². The van der Waals surface area contributed by atoms with Gasteiger partial charge in [-0.2, -0.15) is 0 Å². The molecule has 0 bridgehead atoms. The third-order valence-electron chi connectivity index (χ3n) is 2.04. The quantitative estimate of drug-likeness (QED) is 0.596. The van der Waals surface area contributed by atoms with E-state index in [1.54, 1.807) is 6.92 Å². The van der Waals surface area contributed by atoms with Crippen LogP contribution in [0.1, 0.15) is 24.5 Å². The number of aromatic nitrogens is 1. The van der Waals surface area contributed by atoms with Crippen LogP contribution in [0.2, 0.25) is 0 Å². The van der Waals surface area contributed by atoms with Crippen LogP contribution < -0.4 is 0 Å². The zero-order valence-corrected chi connectivity index (χ0v) is 9.91. The number of hydrogen-bond acceptors (Lipinski definition) is 6. The predicted molar refractivity (Wildman–Crippen MR) is 58.3 cm³/mol. The maximum Gasteiger partial charge on any atom is 0.347 e. The maximum atomic E-state index is 10.7. The molecule has 0 unspecified atom stereocenters. The topological polar surface area (TPSA) is 99.2 Å². The van der Waals surface area contributed by atoms with Crippen molar-refractivity contribution in [1.82, 2.24) is 4.98 Å². The Bertz CT molecular complexity index is 440. The van der Waals surface area contributed by atoms with Gasteiger partial charge in [-0.3, -0.25) is 20.2 Å². The van der Waals surface area contributed by atoms with Crippen molar-refractivity contribution in [3.8, 4) is 0 Å². The van der Waals surface area contributed by atoms with Crippen molar-refractivity contribution in [3.63, 3.8) is 0 Å². The number of rotatable bonds is 4. The van der Waals surface area contributed by atoms with Crippen LogP contribution in [0.15, 0.2) is 0 Å². The van der Waals surface area contributed by atoms with E-state index < -0.39 is 15.4 Å². The lowest BCUT2D eigenvalue weighted by Gasteiger charge is -2.13. The third kappa shape index (κ3) is 2.51. The Hall–Kier alpha value is -1.57. The van der Waals surface area contributed by atoms with Gasteiger partial charge in [-0.05, 0) is 18.3 Å². The highest BCUT2D eigenvalue weighted by Crippen LogP contribution is 2.29. The first-order chi connectivity index (χ1) is 7.24. The van der Waals surface area contributed by atoms with Crippen molar-refractivity contribution in [2.45, 2.75) is 32.7 Å². The van der Waals surface area contributed by atoms with E-state index in [9.17, 15) is 20.2 Å². The lowest BCUT2D eigenvalue weighted by atomic mass is 10.00. The van der Waals surface area contributed by atoms with Crippen LogP contribution in [0.4, 0.5) is 5.00 Å². The number of nitrogens with zero attached hydrogens (tertiary/aromatic N) is 3. The summed E-state index contributed by atoms with van der Waals surface area (Å²) in [6, 6.07) is 0. The predicted octanol–water partition coefficient (Wildman–Crippen LogP) is 1.96. The highest BCUT2D eigenvalue weighted by Gasteiger charge is 2.35. The van der Waals surface area contributed by atoms with Crippen molar-refractivity contribution in [1.29, 1.82) is 0 Å². The number of nitro groups is 2. The minimum absolute atomic E-state index is 0.0410. The van der Waals surface area contributed by atoms with Gasteiger partial charge in [0.1, 0.15) is 5.69 Å². The average Bonchev–Trinajstić information content (AvgIpc) is 2.45. The molecule has 0 aliphatic rings. The fourth-order valence-electron chi connectivity index (χ4n) is 1.19. The average molecular weight is 245 g/mol. The molecule has 0 amide bonds. The van der Waals surface area contributed by atoms with Gasteiger partial charge < -0.3 is 0 Å². The van der Waals surface area contributed by atoms with Gasteiger partial charge in [-0.25, -0.2) is 4.98 Å². The van der Waals surface area contributed by atoms with E-state index in [1.165, 1.54) is 13.8 Å². The molecule has 0 fully saturated rings. The standard InChI is InChI=1S/C8H11N3O4S/c1-5-9-6(7(16-5)10(12)13)4-8(2,3)11(14)15/h4H2,1-3H3. The smallest absolute Gasteiger partial charge is 0.264 e. The first-order valence-electron chi connectivity index (χ1n) is 4.49. The number of aryl methyl sites for hydroxylation is 1. The molecule has 0 aromatic carbocycles. The second-order valence-electron chi connectivity index (χ2n) is 3.99. The molecule has 0 saturated heterocycles. The largest absolute Gasteiger partial charge is 0.347 e. The van der Waals surface area contributed by atoms with Crippen LogP contribution in [-0.4, -0.2) is 20.4 Å². The Morgan fingerprint density at radius 2 is 1.94 bits per heavy atom. The van der Waals surface area contributed by atoms with Gasteiger partial charge in [0.25, 0.3) is 0 Å². The van der Waals surface area contributed by atoms with E-state index in [-0.39, 0.29) is 17.1 Å². The summed E-state index contributed by atoms with van der Waals surface area (Å²) in [5, 5.41) is 21.9. The molecule has 0 atom stereocenters. The molecule has 1 rings (SSSR count). The summed E-state index contributed by atoms with van der Waals surface area (Å²) < 4.78 is 0.